The molecular weight excluding hydrogens is 128 g/mol. The molecule has 0 aromatic rings. The number of aliphatic imine (C=N–C) groups is 1. The third kappa shape index (κ3) is 3.61. The first-order valence-corrected chi connectivity index (χ1v) is 2.44. The van der Waals surface area contributed by atoms with Gasteiger partial charge in [-0.25, -0.2) is 0 Å². The molecule has 0 atom stereocenters. The summed E-state index contributed by atoms with van der Waals surface area (Å²) < 4.78 is 0. The second-order valence-corrected chi connectivity index (χ2v) is 1.55. The molecule has 0 spiro atoms. The molecule has 0 rings (SSSR count). The smallest absolute Gasteiger partial charge is 0.223 e. The van der Waals surface area contributed by atoms with Crippen LogP contribution in [0.3, 0.4) is 0 Å². The molecule has 46 valence electrons. The normalized spacial score (nSPS) is 11.1. The zero-order valence-electron chi connectivity index (χ0n) is 4.73. The van der Waals surface area contributed by atoms with Crippen LogP contribution in [-0.4, -0.2) is 18.2 Å². The molecular formula is C4H7ClN2O. The summed E-state index contributed by atoms with van der Waals surface area (Å²) in [4.78, 5) is 13.6. The highest BCUT2D eigenvalue weighted by molar-refractivity contribution is 6.65. The maximum atomic E-state index is 10.1. The number of hydrogen-bond donors (Lipinski definition) is 1. The van der Waals surface area contributed by atoms with E-state index < -0.39 is 0 Å². The molecule has 0 aliphatic carbocycles. The highest BCUT2D eigenvalue weighted by Crippen LogP contribution is 1.76. The first kappa shape index (κ1) is 7.43. The van der Waals surface area contributed by atoms with Gasteiger partial charge in [-0.3, -0.25) is 9.79 Å². The van der Waals surface area contributed by atoms with Crippen LogP contribution in [0.2, 0.25) is 0 Å². The Morgan fingerprint density at radius 2 is 2.25 bits per heavy atom. The van der Waals surface area contributed by atoms with E-state index in [-0.39, 0.29) is 11.2 Å². The van der Waals surface area contributed by atoms with Crippen molar-refractivity contribution in [1.82, 2.24) is 5.32 Å². The maximum Gasteiger partial charge on any atom is 0.223 e. The van der Waals surface area contributed by atoms with Crippen molar-refractivity contribution in [3.8, 4) is 0 Å². The minimum atomic E-state index is -0.208. The highest BCUT2D eigenvalue weighted by Gasteiger charge is 1.91. The number of hydrogen-bond acceptors (Lipinski definition) is 2. The third-order valence-electron chi connectivity index (χ3n) is 0.475. The highest BCUT2D eigenvalue weighted by atomic mass is 35.5. The predicted octanol–water partition coefficient (Wildman–Crippen LogP) is 0.347. The van der Waals surface area contributed by atoms with Gasteiger partial charge in [0.25, 0.3) is 0 Å². The fourth-order valence-corrected chi connectivity index (χ4v) is 0.334. The number of nitrogens with one attached hydrogen (secondary N) is 1. The fraction of sp³-hybridized carbons (Fsp3) is 0.500. The van der Waals surface area contributed by atoms with Crippen molar-refractivity contribution in [3.63, 3.8) is 0 Å². The Morgan fingerprint density at radius 1 is 1.75 bits per heavy atom. The Balaban J connectivity index is 3.56. The van der Waals surface area contributed by atoms with Crippen molar-refractivity contribution in [3.05, 3.63) is 0 Å². The van der Waals surface area contributed by atoms with Crippen LogP contribution in [0, 0.1) is 0 Å². The zero-order valence-corrected chi connectivity index (χ0v) is 5.49. The van der Waals surface area contributed by atoms with Crippen molar-refractivity contribution in [1.29, 1.82) is 0 Å². The van der Waals surface area contributed by atoms with Gasteiger partial charge >= 0.3 is 0 Å². The zero-order chi connectivity index (χ0) is 6.57. The Kier molecular flexibility index (Phi) is 3.19. The van der Waals surface area contributed by atoms with Gasteiger partial charge in [-0.1, -0.05) is 0 Å². The molecule has 0 heterocycles. The number of carbonyl (C=O) groups is 1. The van der Waals surface area contributed by atoms with E-state index in [1.165, 1.54) is 14.0 Å². The first-order chi connectivity index (χ1) is 3.66. The first-order valence-electron chi connectivity index (χ1n) is 2.06. The standard InChI is InChI=1S/C4H7ClN2O/c1-3(8)7-4(5)6-2/h1-2H3,(H,6,7,8). The number of amides is 1. The average Bonchev–Trinajstić information content (AvgIpc) is 1.65. The molecule has 4 heteroatoms. The third-order valence-corrected chi connectivity index (χ3v) is 0.739. The second-order valence-electron chi connectivity index (χ2n) is 1.20. The minimum absolute atomic E-state index is 0.123. The summed E-state index contributed by atoms with van der Waals surface area (Å²) in [6.07, 6.45) is 0. The fourth-order valence-electron chi connectivity index (χ4n) is 0.201. The molecule has 0 fully saturated rings. The molecule has 3 nitrogen and oxygen atoms in total. The summed E-state index contributed by atoms with van der Waals surface area (Å²) in [6, 6.07) is 0. The molecule has 0 saturated carbocycles. The lowest BCUT2D eigenvalue weighted by atomic mass is 10.7. The minimum Gasteiger partial charge on any atom is -0.301 e. The summed E-state index contributed by atoms with van der Waals surface area (Å²) in [5, 5.41) is 2.39. The summed E-state index contributed by atoms with van der Waals surface area (Å²) in [6.45, 7) is 1.37. The number of carbonyl (C=O) groups excluding carboxylic acids is 1. The molecule has 8 heavy (non-hydrogen) atoms. The van der Waals surface area contributed by atoms with Crippen LogP contribution >= 0.6 is 11.6 Å². The summed E-state index contributed by atoms with van der Waals surface area (Å²) >= 11 is 5.28. The number of nitrogens with zero attached hydrogens (tertiary/aromatic N) is 1. The lowest BCUT2D eigenvalue weighted by molar-refractivity contribution is -0.117. The molecule has 0 aliphatic heterocycles. The van der Waals surface area contributed by atoms with Gasteiger partial charge < -0.3 is 5.32 Å². The van der Waals surface area contributed by atoms with E-state index in [1.807, 2.05) is 0 Å². The molecule has 0 bridgehead atoms. The molecule has 0 aromatic heterocycles. The average molecular weight is 135 g/mol. The summed E-state index contributed by atoms with van der Waals surface area (Å²) in [7, 11) is 1.50. The van der Waals surface area contributed by atoms with Gasteiger partial charge in [0.2, 0.25) is 5.91 Å². The van der Waals surface area contributed by atoms with E-state index in [2.05, 4.69) is 10.3 Å². The number of halogens is 1. The van der Waals surface area contributed by atoms with Crippen LogP contribution in [-0.2, 0) is 4.79 Å². The lowest BCUT2D eigenvalue weighted by Gasteiger charge is -1.92. The Bertz CT molecular complexity index is 121. The number of amidine groups is 1. The number of rotatable bonds is 0. The molecule has 1 N–H and O–H groups in total. The van der Waals surface area contributed by atoms with Gasteiger partial charge in [0.1, 0.15) is 0 Å². The van der Waals surface area contributed by atoms with Gasteiger partial charge in [0.15, 0.2) is 5.29 Å². The van der Waals surface area contributed by atoms with Crippen LogP contribution in [0.25, 0.3) is 0 Å². The van der Waals surface area contributed by atoms with Crippen LogP contribution in [0.1, 0.15) is 6.92 Å². The largest absolute Gasteiger partial charge is 0.301 e. The van der Waals surface area contributed by atoms with Crippen molar-refractivity contribution in [2.45, 2.75) is 6.92 Å². The maximum absolute atomic E-state index is 10.1. The van der Waals surface area contributed by atoms with Gasteiger partial charge in [-0.2, -0.15) is 0 Å². The van der Waals surface area contributed by atoms with E-state index in [9.17, 15) is 4.79 Å². The molecule has 0 saturated heterocycles. The molecule has 0 aliphatic rings. The predicted molar refractivity (Wildman–Crippen MR) is 33.0 cm³/mol. The van der Waals surface area contributed by atoms with Crippen molar-refractivity contribution < 1.29 is 4.79 Å². The molecule has 0 radical (unpaired) electrons. The van der Waals surface area contributed by atoms with E-state index in [0.717, 1.165) is 0 Å². The molecule has 1 amide bonds. The SMILES string of the molecule is CN=C(Cl)NC(C)=O. The summed E-state index contributed by atoms with van der Waals surface area (Å²) in [5.74, 6) is -0.208. The monoisotopic (exact) mass is 134 g/mol. The van der Waals surface area contributed by atoms with E-state index in [4.69, 9.17) is 11.6 Å². The van der Waals surface area contributed by atoms with Gasteiger partial charge in [0.05, 0.1) is 0 Å². The van der Waals surface area contributed by atoms with Crippen molar-refractivity contribution in [2.75, 3.05) is 7.05 Å². The van der Waals surface area contributed by atoms with Gasteiger partial charge in [-0.05, 0) is 11.6 Å². The Hall–Kier alpha value is -0.570. The van der Waals surface area contributed by atoms with Crippen LogP contribution in [0.4, 0.5) is 0 Å². The lowest BCUT2D eigenvalue weighted by Crippen LogP contribution is -2.23. The van der Waals surface area contributed by atoms with Crippen LogP contribution < -0.4 is 5.32 Å². The van der Waals surface area contributed by atoms with E-state index >= 15 is 0 Å². The molecule has 0 unspecified atom stereocenters. The summed E-state index contributed by atoms with van der Waals surface area (Å²) in [5.41, 5.74) is 0. The van der Waals surface area contributed by atoms with Crippen molar-refractivity contribution in [2.24, 2.45) is 4.99 Å². The van der Waals surface area contributed by atoms with Crippen LogP contribution in [0.15, 0.2) is 4.99 Å². The van der Waals surface area contributed by atoms with E-state index in [1.54, 1.807) is 0 Å². The Labute approximate surface area is 52.7 Å². The quantitative estimate of drug-likeness (QED) is 0.290. The second kappa shape index (κ2) is 3.43. The van der Waals surface area contributed by atoms with Gasteiger partial charge in [0, 0.05) is 14.0 Å². The van der Waals surface area contributed by atoms with Gasteiger partial charge in [-0.15, -0.1) is 0 Å². The van der Waals surface area contributed by atoms with Crippen LogP contribution in [0.5, 0.6) is 0 Å². The Morgan fingerprint density at radius 3 is 2.38 bits per heavy atom. The van der Waals surface area contributed by atoms with Crippen molar-refractivity contribution >= 4 is 22.8 Å². The topological polar surface area (TPSA) is 41.5 Å². The molecule has 0 aromatic carbocycles. The van der Waals surface area contributed by atoms with E-state index in [0.29, 0.717) is 0 Å².